The minimum absolute atomic E-state index is 0.373. The standard InChI is InChI=1S/C15H23NO/c1-11-5-4-10-16(12(11)2)15-8-6-14(7-9-15)13(3)17/h6-9,11-13,17H,4-5,10H2,1-3H3/t11?,12?,13-/m1/s1. The molecule has 1 aromatic rings. The molecule has 1 fully saturated rings. The molecule has 1 aliphatic heterocycles. The second kappa shape index (κ2) is 5.09. The zero-order valence-corrected chi connectivity index (χ0v) is 11.1. The maximum Gasteiger partial charge on any atom is 0.0761 e. The third-order valence-electron chi connectivity index (χ3n) is 4.08. The molecule has 2 rings (SSSR count). The molecule has 0 spiro atoms. The molecule has 2 heteroatoms. The van der Waals surface area contributed by atoms with Gasteiger partial charge in [-0.05, 0) is 50.3 Å². The summed E-state index contributed by atoms with van der Waals surface area (Å²) in [6, 6.07) is 8.95. The largest absolute Gasteiger partial charge is 0.389 e. The molecule has 1 N–H and O–H groups in total. The number of anilines is 1. The fourth-order valence-electron chi connectivity index (χ4n) is 2.64. The molecular weight excluding hydrogens is 210 g/mol. The van der Waals surface area contributed by atoms with Gasteiger partial charge in [0.25, 0.3) is 0 Å². The van der Waals surface area contributed by atoms with E-state index in [-0.39, 0.29) is 6.10 Å². The molecule has 1 aliphatic rings. The van der Waals surface area contributed by atoms with E-state index in [2.05, 4.69) is 30.9 Å². The van der Waals surface area contributed by atoms with Crippen molar-refractivity contribution in [3.8, 4) is 0 Å². The Labute approximate surface area is 104 Å². The Morgan fingerprint density at radius 3 is 2.47 bits per heavy atom. The maximum atomic E-state index is 9.51. The minimum Gasteiger partial charge on any atom is -0.389 e. The zero-order chi connectivity index (χ0) is 12.4. The van der Waals surface area contributed by atoms with Gasteiger partial charge in [-0.25, -0.2) is 0 Å². The number of aliphatic hydroxyl groups excluding tert-OH is 1. The highest BCUT2D eigenvalue weighted by Gasteiger charge is 2.24. The summed E-state index contributed by atoms with van der Waals surface area (Å²) in [4.78, 5) is 2.49. The number of aliphatic hydroxyl groups is 1. The summed E-state index contributed by atoms with van der Waals surface area (Å²) in [6.45, 7) is 7.60. The lowest BCUT2D eigenvalue weighted by atomic mass is 9.91. The van der Waals surface area contributed by atoms with Crippen molar-refractivity contribution in [1.82, 2.24) is 0 Å². The smallest absolute Gasteiger partial charge is 0.0761 e. The molecule has 2 nitrogen and oxygen atoms in total. The number of hydrogen-bond acceptors (Lipinski definition) is 2. The number of rotatable bonds is 2. The van der Waals surface area contributed by atoms with E-state index in [0.717, 1.165) is 18.0 Å². The van der Waals surface area contributed by atoms with Gasteiger partial charge in [0.05, 0.1) is 6.10 Å². The van der Waals surface area contributed by atoms with Crippen LogP contribution in [-0.4, -0.2) is 17.7 Å². The average Bonchev–Trinajstić information content (AvgIpc) is 2.33. The van der Waals surface area contributed by atoms with E-state index >= 15 is 0 Å². The summed E-state index contributed by atoms with van der Waals surface area (Å²) >= 11 is 0. The molecule has 2 unspecified atom stereocenters. The van der Waals surface area contributed by atoms with Gasteiger partial charge in [0.15, 0.2) is 0 Å². The third kappa shape index (κ3) is 2.63. The highest BCUT2D eigenvalue weighted by molar-refractivity contribution is 5.49. The normalized spacial score (nSPS) is 26.9. The van der Waals surface area contributed by atoms with E-state index in [1.807, 2.05) is 12.1 Å². The van der Waals surface area contributed by atoms with Gasteiger partial charge in [-0.2, -0.15) is 0 Å². The fourth-order valence-corrected chi connectivity index (χ4v) is 2.64. The van der Waals surface area contributed by atoms with Crippen LogP contribution >= 0.6 is 0 Å². The number of nitrogens with zero attached hydrogens (tertiary/aromatic N) is 1. The SMILES string of the molecule is CC1CCCN(c2ccc([C@@H](C)O)cc2)C1C. The highest BCUT2D eigenvalue weighted by Crippen LogP contribution is 2.29. The molecule has 1 aromatic carbocycles. The number of hydrogen-bond donors (Lipinski definition) is 1. The van der Waals surface area contributed by atoms with Crippen LogP contribution in [0.3, 0.4) is 0 Å². The summed E-state index contributed by atoms with van der Waals surface area (Å²) < 4.78 is 0. The van der Waals surface area contributed by atoms with Gasteiger partial charge in [0.1, 0.15) is 0 Å². The van der Waals surface area contributed by atoms with E-state index in [0.29, 0.717) is 6.04 Å². The van der Waals surface area contributed by atoms with Crippen LogP contribution in [0.15, 0.2) is 24.3 Å². The minimum atomic E-state index is -0.373. The van der Waals surface area contributed by atoms with Crippen LogP contribution in [0.1, 0.15) is 45.3 Å². The van der Waals surface area contributed by atoms with Crippen LogP contribution in [0.25, 0.3) is 0 Å². The van der Waals surface area contributed by atoms with E-state index in [4.69, 9.17) is 0 Å². The first-order valence-corrected chi connectivity index (χ1v) is 6.64. The lowest BCUT2D eigenvalue weighted by Gasteiger charge is -2.39. The van der Waals surface area contributed by atoms with E-state index in [9.17, 15) is 5.11 Å². The Hall–Kier alpha value is -1.02. The first-order chi connectivity index (χ1) is 8.09. The number of piperidine rings is 1. The number of benzene rings is 1. The second-order valence-corrected chi connectivity index (χ2v) is 5.32. The quantitative estimate of drug-likeness (QED) is 0.846. The van der Waals surface area contributed by atoms with Crippen molar-refractivity contribution in [2.45, 2.75) is 45.8 Å². The molecule has 0 aromatic heterocycles. The van der Waals surface area contributed by atoms with Crippen molar-refractivity contribution >= 4 is 5.69 Å². The summed E-state index contributed by atoms with van der Waals surface area (Å²) in [7, 11) is 0. The molecular formula is C15H23NO. The average molecular weight is 233 g/mol. The van der Waals surface area contributed by atoms with Gasteiger partial charge in [0.2, 0.25) is 0 Å². The van der Waals surface area contributed by atoms with Gasteiger partial charge < -0.3 is 10.0 Å². The molecule has 17 heavy (non-hydrogen) atoms. The second-order valence-electron chi connectivity index (χ2n) is 5.32. The van der Waals surface area contributed by atoms with Gasteiger partial charge in [-0.15, -0.1) is 0 Å². The summed E-state index contributed by atoms with van der Waals surface area (Å²) in [5.74, 6) is 0.764. The van der Waals surface area contributed by atoms with Crippen molar-refractivity contribution in [3.05, 3.63) is 29.8 Å². The van der Waals surface area contributed by atoms with E-state index < -0.39 is 0 Å². The zero-order valence-electron chi connectivity index (χ0n) is 11.1. The molecule has 0 amide bonds. The van der Waals surface area contributed by atoms with Gasteiger partial charge in [-0.1, -0.05) is 19.1 Å². The molecule has 0 saturated carbocycles. The lowest BCUT2D eigenvalue weighted by Crippen LogP contribution is -2.42. The van der Waals surface area contributed by atoms with Crippen LogP contribution in [-0.2, 0) is 0 Å². The predicted molar refractivity (Wildman–Crippen MR) is 72.3 cm³/mol. The third-order valence-corrected chi connectivity index (χ3v) is 4.08. The van der Waals surface area contributed by atoms with Crippen molar-refractivity contribution in [2.75, 3.05) is 11.4 Å². The fraction of sp³-hybridized carbons (Fsp3) is 0.600. The first kappa shape index (κ1) is 12.4. The Balaban J connectivity index is 2.16. The van der Waals surface area contributed by atoms with Gasteiger partial charge in [0, 0.05) is 18.3 Å². The molecule has 0 radical (unpaired) electrons. The van der Waals surface area contributed by atoms with Crippen LogP contribution < -0.4 is 4.90 Å². The van der Waals surface area contributed by atoms with E-state index in [1.165, 1.54) is 18.5 Å². The molecule has 1 heterocycles. The monoisotopic (exact) mass is 233 g/mol. The van der Waals surface area contributed by atoms with E-state index in [1.54, 1.807) is 6.92 Å². The topological polar surface area (TPSA) is 23.5 Å². The molecule has 94 valence electrons. The summed E-state index contributed by atoms with van der Waals surface area (Å²) in [6.07, 6.45) is 2.24. The molecule has 0 bridgehead atoms. The predicted octanol–water partition coefficient (Wildman–Crippen LogP) is 3.36. The highest BCUT2D eigenvalue weighted by atomic mass is 16.3. The van der Waals surface area contributed by atoms with Crippen LogP contribution in [0.5, 0.6) is 0 Å². The van der Waals surface area contributed by atoms with Crippen LogP contribution in [0.4, 0.5) is 5.69 Å². The van der Waals surface area contributed by atoms with Crippen LogP contribution in [0, 0.1) is 5.92 Å². The van der Waals surface area contributed by atoms with Gasteiger partial charge >= 0.3 is 0 Å². The van der Waals surface area contributed by atoms with Crippen molar-refractivity contribution < 1.29 is 5.11 Å². The molecule has 1 saturated heterocycles. The van der Waals surface area contributed by atoms with Crippen LogP contribution in [0.2, 0.25) is 0 Å². The Kier molecular flexibility index (Phi) is 3.72. The van der Waals surface area contributed by atoms with Gasteiger partial charge in [-0.3, -0.25) is 0 Å². The van der Waals surface area contributed by atoms with Crippen molar-refractivity contribution in [1.29, 1.82) is 0 Å². The Bertz CT molecular complexity index is 358. The van der Waals surface area contributed by atoms with Crippen molar-refractivity contribution in [2.24, 2.45) is 5.92 Å². The van der Waals surface area contributed by atoms with Crippen molar-refractivity contribution in [3.63, 3.8) is 0 Å². The molecule has 0 aliphatic carbocycles. The molecule has 3 atom stereocenters. The lowest BCUT2D eigenvalue weighted by molar-refractivity contribution is 0.199. The Morgan fingerprint density at radius 2 is 1.88 bits per heavy atom. The summed E-state index contributed by atoms with van der Waals surface area (Å²) in [5.41, 5.74) is 2.28. The Morgan fingerprint density at radius 1 is 1.24 bits per heavy atom. The summed E-state index contributed by atoms with van der Waals surface area (Å²) in [5, 5.41) is 9.51. The maximum absolute atomic E-state index is 9.51. The first-order valence-electron chi connectivity index (χ1n) is 6.64.